The lowest BCUT2D eigenvalue weighted by Gasteiger charge is -2.25. The topological polar surface area (TPSA) is 55.5 Å². The molecule has 0 saturated carbocycles. The summed E-state index contributed by atoms with van der Waals surface area (Å²) in [5, 5.41) is 8.98. The summed E-state index contributed by atoms with van der Waals surface area (Å²) in [6, 6.07) is 0. The van der Waals surface area contributed by atoms with E-state index in [0.29, 0.717) is 0 Å². The van der Waals surface area contributed by atoms with Gasteiger partial charge in [-0.05, 0) is 26.2 Å². The minimum atomic E-state index is -0.392. The van der Waals surface area contributed by atoms with E-state index in [9.17, 15) is 0 Å². The SMILES string of the molecule is CCOCCCC(N)(CC)CO. The molecule has 12 heavy (non-hydrogen) atoms. The second kappa shape index (κ2) is 6.40. The molecule has 0 aromatic rings. The average Bonchev–Trinajstić information content (AvgIpc) is 2.12. The molecular formula is C9H21NO2. The highest BCUT2D eigenvalue weighted by molar-refractivity contribution is 4.81. The Morgan fingerprint density at radius 2 is 2.08 bits per heavy atom. The predicted molar refractivity (Wildman–Crippen MR) is 50.0 cm³/mol. The molecule has 0 fully saturated rings. The molecule has 0 rings (SSSR count). The lowest BCUT2D eigenvalue weighted by Crippen LogP contribution is -2.43. The van der Waals surface area contributed by atoms with Gasteiger partial charge in [-0.1, -0.05) is 6.92 Å². The van der Waals surface area contributed by atoms with Gasteiger partial charge in [-0.2, -0.15) is 0 Å². The van der Waals surface area contributed by atoms with Gasteiger partial charge in [-0.3, -0.25) is 0 Å². The van der Waals surface area contributed by atoms with E-state index in [1.807, 2.05) is 13.8 Å². The standard InChI is InChI=1S/C9H21NO2/c1-3-9(10,8-11)6-5-7-12-4-2/h11H,3-8,10H2,1-2H3. The summed E-state index contributed by atoms with van der Waals surface area (Å²) in [5.41, 5.74) is 5.48. The molecule has 1 atom stereocenters. The molecule has 0 radical (unpaired) electrons. The highest BCUT2D eigenvalue weighted by Gasteiger charge is 2.20. The van der Waals surface area contributed by atoms with Crippen molar-refractivity contribution in [2.45, 2.75) is 38.6 Å². The van der Waals surface area contributed by atoms with Gasteiger partial charge in [0.25, 0.3) is 0 Å². The maximum absolute atomic E-state index is 8.98. The second-order valence-corrected chi connectivity index (χ2v) is 3.17. The number of ether oxygens (including phenoxy) is 1. The van der Waals surface area contributed by atoms with Crippen LogP contribution in [0.15, 0.2) is 0 Å². The van der Waals surface area contributed by atoms with Crippen molar-refractivity contribution in [1.82, 2.24) is 0 Å². The van der Waals surface area contributed by atoms with Crippen molar-refractivity contribution in [2.24, 2.45) is 5.73 Å². The van der Waals surface area contributed by atoms with Gasteiger partial charge in [-0.25, -0.2) is 0 Å². The van der Waals surface area contributed by atoms with Crippen LogP contribution in [0.4, 0.5) is 0 Å². The van der Waals surface area contributed by atoms with Gasteiger partial charge in [0.2, 0.25) is 0 Å². The number of nitrogens with two attached hydrogens (primary N) is 1. The van der Waals surface area contributed by atoms with Crippen molar-refractivity contribution < 1.29 is 9.84 Å². The lowest BCUT2D eigenvalue weighted by atomic mass is 9.93. The maximum Gasteiger partial charge on any atom is 0.0611 e. The first-order valence-corrected chi connectivity index (χ1v) is 4.66. The van der Waals surface area contributed by atoms with Crippen molar-refractivity contribution in [3.8, 4) is 0 Å². The molecule has 3 nitrogen and oxygen atoms in total. The summed E-state index contributed by atoms with van der Waals surface area (Å²) < 4.78 is 5.18. The van der Waals surface area contributed by atoms with Gasteiger partial charge in [0, 0.05) is 18.8 Å². The zero-order valence-electron chi connectivity index (χ0n) is 8.18. The first-order chi connectivity index (χ1) is 5.68. The Morgan fingerprint density at radius 1 is 1.42 bits per heavy atom. The Hall–Kier alpha value is -0.120. The number of aliphatic hydroxyl groups is 1. The third-order valence-electron chi connectivity index (χ3n) is 2.19. The first-order valence-electron chi connectivity index (χ1n) is 4.66. The summed E-state index contributed by atoms with van der Waals surface area (Å²) in [7, 11) is 0. The summed E-state index contributed by atoms with van der Waals surface area (Å²) >= 11 is 0. The molecule has 0 heterocycles. The van der Waals surface area contributed by atoms with E-state index < -0.39 is 5.54 Å². The largest absolute Gasteiger partial charge is 0.394 e. The monoisotopic (exact) mass is 175 g/mol. The fourth-order valence-corrected chi connectivity index (χ4v) is 1.04. The third-order valence-corrected chi connectivity index (χ3v) is 2.19. The number of rotatable bonds is 7. The quantitative estimate of drug-likeness (QED) is 0.565. The zero-order chi connectivity index (χ0) is 9.45. The Balaban J connectivity index is 3.45. The summed E-state index contributed by atoms with van der Waals surface area (Å²) in [6.45, 7) is 5.53. The van der Waals surface area contributed by atoms with E-state index in [4.69, 9.17) is 15.6 Å². The van der Waals surface area contributed by atoms with Crippen molar-refractivity contribution in [2.75, 3.05) is 19.8 Å². The molecule has 0 aliphatic carbocycles. The van der Waals surface area contributed by atoms with Crippen LogP contribution in [0, 0.1) is 0 Å². The first kappa shape index (κ1) is 11.9. The Bertz CT molecular complexity index is 103. The van der Waals surface area contributed by atoms with Crippen molar-refractivity contribution in [3.05, 3.63) is 0 Å². The molecular weight excluding hydrogens is 154 g/mol. The van der Waals surface area contributed by atoms with Crippen LogP contribution in [0.3, 0.4) is 0 Å². The Labute approximate surface area is 74.9 Å². The van der Waals surface area contributed by atoms with Crippen LogP contribution >= 0.6 is 0 Å². The van der Waals surface area contributed by atoms with Crippen molar-refractivity contribution in [3.63, 3.8) is 0 Å². The van der Waals surface area contributed by atoms with Gasteiger partial charge >= 0.3 is 0 Å². The minimum Gasteiger partial charge on any atom is -0.394 e. The van der Waals surface area contributed by atoms with E-state index in [1.165, 1.54) is 0 Å². The summed E-state index contributed by atoms with van der Waals surface area (Å²) in [6.07, 6.45) is 2.58. The smallest absolute Gasteiger partial charge is 0.0611 e. The van der Waals surface area contributed by atoms with Gasteiger partial charge in [0.1, 0.15) is 0 Å². The molecule has 0 spiro atoms. The number of hydrogen-bond acceptors (Lipinski definition) is 3. The Morgan fingerprint density at radius 3 is 2.50 bits per heavy atom. The van der Waals surface area contributed by atoms with Crippen LogP contribution in [0.5, 0.6) is 0 Å². The van der Waals surface area contributed by atoms with Crippen LogP contribution in [0.25, 0.3) is 0 Å². The van der Waals surface area contributed by atoms with Gasteiger partial charge in [-0.15, -0.1) is 0 Å². The Kier molecular flexibility index (Phi) is 6.34. The number of aliphatic hydroxyl groups excluding tert-OH is 1. The van der Waals surface area contributed by atoms with E-state index in [2.05, 4.69) is 0 Å². The molecule has 0 amide bonds. The molecule has 0 aromatic heterocycles. The average molecular weight is 175 g/mol. The van der Waals surface area contributed by atoms with E-state index in [1.54, 1.807) is 0 Å². The van der Waals surface area contributed by atoms with Crippen LogP contribution in [-0.2, 0) is 4.74 Å². The summed E-state index contributed by atoms with van der Waals surface area (Å²) in [5.74, 6) is 0. The van der Waals surface area contributed by atoms with E-state index >= 15 is 0 Å². The highest BCUT2D eigenvalue weighted by Crippen LogP contribution is 2.12. The highest BCUT2D eigenvalue weighted by atomic mass is 16.5. The maximum atomic E-state index is 8.98. The molecule has 3 N–H and O–H groups in total. The second-order valence-electron chi connectivity index (χ2n) is 3.17. The van der Waals surface area contributed by atoms with Gasteiger partial charge in [0.05, 0.1) is 6.61 Å². The third kappa shape index (κ3) is 4.70. The van der Waals surface area contributed by atoms with Crippen LogP contribution < -0.4 is 5.73 Å². The van der Waals surface area contributed by atoms with Crippen LogP contribution in [0.1, 0.15) is 33.1 Å². The van der Waals surface area contributed by atoms with Crippen LogP contribution in [0.2, 0.25) is 0 Å². The van der Waals surface area contributed by atoms with Crippen molar-refractivity contribution in [1.29, 1.82) is 0 Å². The normalized spacial score (nSPS) is 16.0. The molecule has 0 bridgehead atoms. The van der Waals surface area contributed by atoms with Crippen LogP contribution in [-0.4, -0.2) is 30.5 Å². The molecule has 1 unspecified atom stereocenters. The fourth-order valence-electron chi connectivity index (χ4n) is 1.04. The van der Waals surface area contributed by atoms with E-state index in [-0.39, 0.29) is 6.61 Å². The molecule has 0 aliphatic heterocycles. The molecule has 74 valence electrons. The lowest BCUT2D eigenvalue weighted by molar-refractivity contribution is 0.124. The summed E-state index contributed by atoms with van der Waals surface area (Å²) in [4.78, 5) is 0. The minimum absolute atomic E-state index is 0.0651. The number of hydrogen-bond donors (Lipinski definition) is 2. The predicted octanol–water partition coefficient (Wildman–Crippen LogP) is 0.903. The molecule has 0 saturated heterocycles. The van der Waals surface area contributed by atoms with E-state index in [0.717, 1.165) is 32.5 Å². The molecule has 0 aromatic carbocycles. The van der Waals surface area contributed by atoms with Crippen molar-refractivity contribution >= 4 is 0 Å². The fraction of sp³-hybridized carbons (Fsp3) is 1.00. The van der Waals surface area contributed by atoms with Gasteiger partial charge in [0.15, 0.2) is 0 Å². The molecule has 3 heteroatoms. The molecule has 0 aliphatic rings. The zero-order valence-corrected chi connectivity index (χ0v) is 8.18. The van der Waals surface area contributed by atoms with Gasteiger partial charge < -0.3 is 15.6 Å².